The first-order valence-corrected chi connectivity index (χ1v) is 8.31. The lowest BCUT2D eigenvalue weighted by Gasteiger charge is -2.25. The number of amides is 1. The minimum absolute atomic E-state index is 0.180. The molecular formula is C18H18N4O3. The zero-order valence-electron chi connectivity index (χ0n) is 14.2. The van der Waals surface area contributed by atoms with Crippen molar-refractivity contribution in [2.24, 2.45) is 0 Å². The van der Waals surface area contributed by atoms with Crippen LogP contribution in [0.5, 0.6) is 0 Å². The van der Waals surface area contributed by atoms with Gasteiger partial charge in [-0.05, 0) is 26.0 Å². The van der Waals surface area contributed by atoms with Crippen molar-refractivity contribution >= 4 is 16.9 Å². The first-order valence-electron chi connectivity index (χ1n) is 8.31. The maximum atomic E-state index is 13.0. The summed E-state index contributed by atoms with van der Waals surface area (Å²) in [4.78, 5) is 32.0. The minimum Gasteiger partial charge on any atom is -0.361 e. The maximum Gasteiger partial charge on any atom is 0.259 e. The standard InChI is InChI=1S/C18H18N4O3/c1-3-21-10-14(16(23)13-5-4-11(2)20-17(13)21)18(24)22-7-6-15-12(9-22)8-19-25-15/h4-5,8,10H,3,6-7,9H2,1-2H3. The monoisotopic (exact) mass is 338 g/mol. The molecule has 1 aliphatic rings. The molecule has 0 bridgehead atoms. The van der Waals surface area contributed by atoms with Gasteiger partial charge in [-0.2, -0.15) is 0 Å². The molecule has 3 aromatic rings. The van der Waals surface area contributed by atoms with E-state index in [1.54, 1.807) is 29.4 Å². The Bertz CT molecular complexity index is 1030. The third-order valence-corrected chi connectivity index (χ3v) is 4.62. The third kappa shape index (κ3) is 2.52. The van der Waals surface area contributed by atoms with Gasteiger partial charge in [0.1, 0.15) is 17.0 Å². The van der Waals surface area contributed by atoms with Crippen LogP contribution in [0.2, 0.25) is 0 Å². The van der Waals surface area contributed by atoms with Crippen molar-refractivity contribution in [2.75, 3.05) is 6.54 Å². The van der Waals surface area contributed by atoms with Gasteiger partial charge in [-0.3, -0.25) is 9.59 Å². The van der Waals surface area contributed by atoms with Crippen molar-refractivity contribution in [3.8, 4) is 0 Å². The number of aryl methyl sites for hydroxylation is 2. The molecule has 7 heteroatoms. The first kappa shape index (κ1) is 15.6. The van der Waals surface area contributed by atoms with Crippen molar-refractivity contribution in [1.29, 1.82) is 0 Å². The van der Waals surface area contributed by atoms with Crippen LogP contribution >= 0.6 is 0 Å². The fraction of sp³-hybridized carbons (Fsp3) is 0.333. The smallest absolute Gasteiger partial charge is 0.259 e. The van der Waals surface area contributed by atoms with E-state index in [4.69, 9.17) is 4.52 Å². The Morgan fingerprint density at radius 1 is 1.36 bits per heavy atom. The molecule has 4 rings (SSSR count). The molecule has 0 saturated carbocycles. The molecule has 4 heterocycles. The normalized spacial score (nSPS) is 13.9. The minimum atomic E-state index is -0.270. The van der Waals surface area contributed by atoms with Gasteiger partial charge in [0.25, 0.3) is 5.91 Å². The number of fused-ring (bicyclic) bond motifs is 2. The second-order valence-corrected chi connectivity index (χ2v) is 6.23. The van der Waals surface area contributed by atoms with Crippen LogP contribution in [0.25, 0.3) is 11.0 Å². The highest BCUT2D eigenvalue weighted by atomic mass is 16.5. The molecule has 25 heavy (non-hydrogen) atoms. The Morgan fingerprint density at radius 3 is 3.00 bits per heavy atom. The molecule has 128 valence electrons. The van der Waals surface area contributed by atoms with E-state index in [1.807, 2.05) is 18.4 Å². The van der Waals surface area contributed by atoms with Crippen molar-refractivity contribution in [2.45, 2.75) is 33.4 Å². The molecule has 0 radical (unpaired) electrons. The van der Waals surface area contributed by atoms with Crippen molar-refractivity contribution < 1.29 is 9.32 Å². The summed E-state index contributed by atoms with van der Waals surface area (Å²) >= 11 is 0. The number of carbonyl (C=O) groups excluding carboxylic acids is 1. The second kappa shape index (κ2) is 5.84. The van der Waals surface area contributed by atoms with Gasteiger partial charge in [0.2, 0.25) is 5.43 Å². The molecule has 1 aliphatic heterocycles. The summed E-state index contributed by atoms with van der Waals surface area (Å²) in [5.41, 5.74) is 2.26. The Kier molecular flexibility index (Phi) is 3.63. The summed E-state index contributed by atoms with van der Waals surface area (Å²) in [6.45, 7) is 5.40. The molecule has 0 fully saturated rings. The molecule has 0 aromatic carbocycles. The fourth-order valence-corrected chi connectivity index (χ4v) is 3.24. The predicted molar refractivity (Wildman–Crippen MR) is 91.4 cm³/mol. The molecule has 0 aliphatic carbocycles. The quantitative estimate of drug-likeness (QED) is 0.713. The average molecular weight is 338 g/mol. The molecule has 7 nitrogen and oxygen atoms in total. The lowest BCUT2D eigenvalue weighted by molar-refractivity contribution is 0.0727. The summed E-state index contributed by atoms with van der Waals surface area (Å²) in [6.07, 6.45) is 3.87. The van der Waals surface area contributed by atoms with Crippen molar-refractivity contribution in [3.63, 3.8) is 0 Å². The summed E-state index contributed by atoms with van der Waals surface area (Å²) in [6, 6.07) is 3.54. The van der Waals surface area contributed by atoms with E-state index < -0.39 is 0 Å². The van der Waals surface area contributed by atoms with E-state index in [1.165, 1.54) is 0 Å². The van der Waals surface area contributed by atoms with E-state index in [0.29, 0.717) is 37.1 Å². The summed E-state index contributed by atoms with van der Waals surface area (Å²) in [5, 5.41) is 4.25. The Balaban J connectivity index is 1.79. The van der Waals surface area contributed by atoms with E-state index in [0.717, 1.165) is 17.0 Å². The SMILES string of the molecule is CCn1cc(C(=O)N2CCc3oncc3C2)c(=O)c2ccc(C)nc21. The summed E-state index contributed by atoms with van der Waals surface area (Å²) in [5.74, 6) is 0.551. The second-order valence-electron chi connectivity index (χ2n) is 6.23. The van der Waals surface area contributed by atoms with Crippen LogP contribution < -0.4 is 5.43 Å². The highest BCUT2D eigenvalue weighted by molar-refractivity contribution is 5.97. The van der Waals surface area contributed by atoms with Crippen molar-refractivity contribution in [1.82, 2.24) is 19.6 Å². The number of carbonyl (C=O) groups is 1. The predicted octanol–water partition coefficient (Wildman–Crippen LogP) is 1.91. The third-order valence-electron chi connectivity index (χ3n) is 4.62. The fourth-order valence-electron chi connectivity index (χ4n) is 3.24. The van der Waals surface area contributed by atoms with Gasteiger partial charge >= 0.3 is 0 Å². The zero-order valence-corrected chi connectivity index (χ0v) is 14.2. The van der Waals surface area contributed by atoms with Crippen LogP contribution in [0.15, 0.2) is 33.8 Å². The van der Waals surface area contributed by atoms with Gasteiger partial charge < -0.3 is 14.0 Å². The van der Waals surface area contributed by atoms with Crippen molar-refractivity contribution in [3.05, 3.63) is 57.3 Å². The first-order chi connectivity index (χ1) is 12.1. The topological polar surface area (TPSA) is 81.2 Å². The van der Waals surface area contributed by atoms with Gasteiger partial charge in [0.05, 0.1) is 18.1 Å². The number of rotatable bonds is 2. The largest absolute Gasteiger partial charge is 0.361 e. The Labute approximate surface area is 143 Å². The lowest BCUT2D eigenvalue weighted by atomic mass is 10.1. The molecule has 0 spiro atoms. The molecule has 0 unspecified atom stereocenters. The number of pyridine rings is 2. The Hall–Kier alpha value is -2.96. The van der Waals surface area contributed by atoms with E-state index in [2.05, 4.69) is 10.1 Å². The highest BCUT2D eigenvalue weighted by Gasteiger charge is 2.26. The molecule has 1 amide bonds. The van der Waals surface area contributed by atoms with Gasteiger partial charge in [0.15, 0.2) is 0 Å². The molecule has 3 aromatic heterocycles. The maximum absolute atomic E-state index is 13.0. The molecule has 0 atom stereocenters. The van der Waals surface area contributed by atoms with Crippen LogP contribution in [0.4, 0.5) is 0 Å². The van der Waals surface area contributed by atoms with Gasteiger partial charge in [0, 0.05) is 37.0 Å². The number of nitrogens with zero attached hydrogens (tertiary/aromatic N) is 4. The van der Waals surface area contributed by atoms with E-state index >= 15 is 0 Å². The highest BCUT2D eigenvalue weighted by Crippen LogP contribution is 2.20. The van der Waals surface area contributed by atoms with Gasteiger partial charge in [-0.1, -0.05) is 5.16 Å². The van der Waals surface area contributed by atoms with Gasteiger partial charge in [-0.15, -0.1) is 0 Å². The number of aromatic nitrogens is 3. The average Bonchev–Trinajstić information content (AvgIpc) is 3.09. The van der Waals surface area contributed by atoms with E-state index in [9.17, 15) is 9.59 Å². The number of hydrogen-bond donors (Lipinski definition) is 0. The van der Waals surface area contributed by atoms with Crippen LogP contribution in [-0.2, 0) is 19.5 Å². The van der Waals surface area contributed by atoms with Crippen LogP contribution in [0.3, 0.4) is 0 Å². The zero-order chi connectivity index (χ0) is 17.6. The van der Waals surface area contributed by atoms with Crippen LogP contribution in [0, 0.1) is 6.92 Å². The van der Waals surface area contributed by atoms with Crippen LogP contribution in [0.1, 0.15) is 34.3 Å². The lowest BCUT2D eigenvalue weighted by Crippen LogP contribution is -2.38. The molecular weight excluding hydrogens is 320 g/mol. The summed E-state index contributed by atoms with van der Waals surface area (Å²) < 4.78 is 7.01. The van der Waals surface area contributed by atoms with E-state index in [-0.39, 0.29) is 16.9 Å². The number of hydrogen-bond acceptors (Lipinski definition) is 5. The Morgan fingerprint density at radius 2 is 2.20 bits per heavy atom. The van der Waals surface area contributed by atoms with Gasteiger partial charge in [-0.25, -0.2) is 4.98 Å². The molecule has 0 saturated heterocycles. The summed E-state index contributed by atoms with van der Waals surface area (Å²) in [7, 11) is 0. The molecule has 0 N–H and O–H groups in total. The van der Waals surface area contributed by atoms with Crippen LogP contribution in [-0.4, -0.2) is 32.1 Å².